The van der Waals surface area contributed by atoms with Crippen LogP contribution in [0, 0.1) is 0 Å². The highest BCUT2D eigenvalue weighted by atomic mass is 32.2. The van der Waals surface area contributed by atoms with Gasteiger partial charge in [-0.25, -0.2) is 0 Å². The summed E-state index contributed by atoms with van der Waals surface area (Å²) in [7, 11) is -4.34. The molecule has 0 bridgehead atoms. The maximum atomic E-state index is 12.4. The van der Waals surface area contributed by atoms with Crippen molar-refractivity contribution in [3.05, 3.63) is 48.6 Å². The van der Waals surface area contributed by atoms with Crippen LogP contribution in [-0.2, 0) is 14.9 Å². The smallest absolute Gasteiger partial charge is 0.267 e. The minimum Gasteiger partial charge on any atom is -0.387 e. The van der Waals surface area contributed by atoms with Gasteiger partial charge in [-0.1, -0.05) is 140 Å². The van der Waals surface area contributed by atoms with E-state index in [1.54, 1.807) is 0 Å². The number of nitrogens with one attached hydrogen (secondary N) is 1. The summed E-state index contributed by atoms with van der Waals surface area (Å²) in [5.41, 5.74) is 0. The number of amides is 1. The van der Waals surface area contributed by atoms with E-state index in [9.17, 15) is 22.9 Å². The lowest BCUT2D eigenvalue weighted by Crippen LogP contribution is -2.46. The molecule has 0 aliphatic heterocycles. The van der Waals surface area contributed by atoms with E-state index in [2.05, 4.69) is 55.6 Å². The normalized spacial score (nSPS) is 14.0. The Hall–Kier alpha value is -1.70. The summed E-state index contributed by atoms with van der Waals surface area (Å²) in [6.45, 7) is 4.43. The second kappa shape index (κ2) is 30.3. The molecule has 0 fully saturated rings. The largest absolute Gasteiger partial charge is 0.387 e. The quantitative estimate of drug-likeness (QED) is 0.0420. The molecule has 7 heteroatoms. The van der Waals surface area contributed by atoms with E-state index in [-0.39, 0.29) is 12.3 Å². The van der Waals surface area contributed by atoms with Crippen LogP contribution in [0.3, 0.4) is 0 Å². The van der Waals surface area contributed by atoms with Crippen LogP contribution in [-0.4, -0.2) is 41.9 Å². The van der Waals surface area contributed by atoms with Crippen molar-refractivity contribution in [3.63, 3.8) is 0 Å². The van der Waals surface area contributed by atoms with Gasteiger partial charge < -0.3 is 10.4 Å². The minimum absolute atomic E-state index is 0.279. The maximum Gasteiger partial charge on any atom is 0.267 e. The van der Waals surface area contributed by atoms with E-state index in [0.717, 1.165) is 64.2 Å². The number of aliphatic hydroxyl groups excluding tert-OH is 1. The molecule has 3 N–H and O–H groups in total. The average molecular weight is 624 g/mol. The Morgan fingerprint density at radius 2 is 1.05 bits per heavy atom. The first-order valence-electron chi connectivity index (χ1n) is 17.3. The molecule has 0 radical (unpaired) electrons. The zero-order valence-electron chi connectivity index (χ0n) is 27.6. The number of carbonyl (C=O) groups is 1. The molecule has 0 aromatic rings. The van der Waals surface area contributed by atoms with Crippen molar-refractivity contribution < 1.29 is 22.9 Å². The fourth-order valence-electron chi connectivity index (χ4n) is 4.87. The van der Waals surface area contributed by atoms with Crippen molar-refractivity contribution in [2.45, 2.75) is 167 Å². The van der Waals surface area contributed by atoms with Gasteiger partial charge in [0.25, 0.3) is 10.1 Å². The van der Waals surface area contributed by atoms with Gasteiger partial charge in [-0.3, -0.25) is 9.35 Å². The first-order valence-corrected chi connectivity index (χ1v) is 18.9. The number of rotatable bonds is 30. The van der Waals surface area contributed by atoms with Crippen LogP contribution in [0.25, 0.3) is 0 Å². The van der Waals surface area contributed by atoms with E-state index in [0.29, 0.717) is 0 Å². The molecule has 1 amide bonds. The lowest BCUT2D eigenvalue weighted by Gasteiger charge is -2.21. The Balaban J connectivity index is 4.00. The van der Waals surface area contributed by atoms with Gasteiger partial charge in [0, 0.05) is 6.42 Å². The molecule has 0 rings (SSSR count). The van der Waals surface area contributed by atoms with E-state index < -0.39 is 28.0 Å². The Morgan fingerprint density at radius 1 is 0.628 bits per heavy atom. The molecule has 2 atom stereocenters. The van der Waals surface area contributed by atoms with E-state index in [1.807, 2.05) is 6.08 Å². The van der Waals surface area contributed by atoms with Gasteiger partial charge in [0.2, 0.25) is 5.91 Å². The van der Waals surface area contributed by atoms with Gasteiger partial charge in [-0.15, -0.1) is 0 Å². The lowest BCUT2D eigenvalue weighted by molar-refractivity contribution is -0.122. The van der Waals surface area contributed by atoms with Crippen molar-refractivity contribution in [2.75, 3.05) is 5.75 Å². The molecule has 0 saturated carbocycles. The molecule has 0 spiro atoms. The fraction of sp³-hybridized carbons (Fsp3) is 0.750. The van der Waals surface area contributed by atoms with Crippen LogP contribution in [0.1, 0.15) is 155 Å². The average Bonchev–Trinajstić information content (AvgIpc) is 2.96. The van der Waals surface area contributed by atoms with Gasteiger partial charge in [0.15, 0.2) is 0 Å². The monoisotopic (exact) mass is 623 g/mol. The molecule has 43 heavy (non-hydrogen) atoms. The van der Waals surface area contributed by atoms with Crippen LogP contribution in [0.15, 0.2) is 48.6 Å². The van der Waals surface area contributed by atoms with Gasteiger partial charge in [-0.05, 0) is 57.8 Å². The maximum absolute atomic E-state index is 12.4. The van der Waals surface area contributed by atoms with Gasteiger partial charge in [0.05, 0.1) is 17.9 Å². The summed E-state index contributed by atoms with van der Waals surface area (Å²) >= 11 is 0. The van der Waals surface area contributed by atoms with Gasteiger partial charge in [0.1, 0.15) is 0 Å². The number of hydrogen-bond donors (Lipinski definition) is 3. The standard InChI is InChI=1S/C36H65NO5S/c1-3-5-7-9-11-13-14-15-16-17-18-19-20-21-22-24-26-28-30-32-36(39)37-34(33-43(40,41)42)35(38)31-29-27-25-23-12-10-8-6-4-2/h11,13,15-16,18-19,29,31,34-35,38H,3-10,12,14,17,20-28,30,32-33H2,1-2H3,(H,37,39)(H,40,41,42)/b13-11-,16-15-,19-18-,31-29+. The zero-order valence-corrected chi connectivity index (χ0v) is 28.4. The molecule has 0 heterocycles. The molecular formula is C36H65NO5S. The summed E-state index contributed by atoms with van der Waals surface area (Å²) in [6.07, 6.45) is 39.5. The Labute approximate surface area is 265 Å². The first kappa shape index (κ1) is 41.3. The molecule has 0 saturated heterocycles. The molecule has 2 unspecified atom stereocenters. The summed E-state index contributed by atoms with van der Waals surface area (Å²) in [6, 6.07) is -1.06. The molecular weight excluding hydrogens is 558 g/mol. The molecule has 0 aliphatic rings. The third-order valence-electron chi connectivity index (χ3n) is 7.50. The number of carbonyl (C=O) groups excluding carboxylic acids is 1. The molecule has 0 aromatic carbocycles. The van der Waals surface area contributed by atoms with E-state index in [1.165, 1.54) is 76.7 Å². The first-order chi connectivity index (χ1) is 20.8. The summed E-state index contributed by atoms with van der Waals surface area (Å²) in [4.78, 5) is 12.4. The predicted octanol–water partition coefficient (Wildman–Crippen LogP) is 9.57. The number of aliphatic hydroxyl groups is 1. The Bertz CT molecular complexity index is 863. The highest BCUT2D eigenvalue weighted by Gasteiger charge is 2.24. The van der Waals surface area contributed by atoms with Crippen molar-refractivity contribution in [3.8, 4) is 0 Å². The predicted molar refractivity (Wildman–Crippen MR) is 184 cm³/mol. The summed E-state index contributed by atoms with van der Waals surface area (Å²) in [5.74, 6) is -1.00. The number of allylic oxidation sites excluding steroid dienone is 7. The van der Waals surface area contributed by atoms with E-state index >= 15 is 0 Å². The highest BCUT2D eigenvalue weighted by Crippen LogP contribution is 2.11. The third kappa shape index (κ3) is 31.5. The van der Waals surface area contributed by atoms with Crippen molar-refractivity contribution in [1.82, 2.24) is 5.32 Å². The van der Waals surface area contributed by atoms with Crippen LogP contribution in [0.5, 0.6) is 0 Å². The minimum atomic E-state index is -4.34. The highest BCUT2D eigenvalue weighted by molar-refractivity contribution is 7.85. The lowest BCUT2D eigenvalue weighted by atomic mass is 10.1. The second-order valence-electron chi connectivity index (χ2n) is 11.8. The summed E-state index contributed by atoms with van der Waals surface area (Å²) in [5, 5.41) is 13.1. The zero-order chi connectivity index (χ0) is 31.9. The van der Waals surface area contributed by atoms with E-state index in [4.69, 9.17) is 0 Å². The molecule has 250 valence electrons. The van der Waals surface area contributed by atoms with Crippen LogP contribution in [0.4, 0.5) is 0 Å². The SMILES string of the molecule is CCCCC/C=C\C/C=C\C/C=C\CCCCCCCCC(=O)NC(CS(=O)(=O)O)C(O)/C=C/CCCCCCCCC. The Morgan fingerprint density at radius 3 is 1.58 bits per heavy atom. The van der Waals surface area contributed by atoms with Crippen molar-refractivity contribution in [2.24, 2.45) is 0 Å². The number of hydrogen-bond acceptors (Lipinski definition) is 4. The molecule has 0 aromatic heterocycles. The third-order valence-corrected chi connectivity index (χ3v) is 8.28. The topological polar surface area (TPSA) is 104 Å². The van der Waals surface area contributed by atoms with Gasteiger partial charge in [-0.2, -0.15) is 8.42 Å². The summed E-state index contributed by atoms with van der Waals surface area (Å²) < 4.78 is 32.2. The van der Waals surface area contributed by atoms with Crippen LogP contribution >= 0.6 is 0 Å². The second-order valence-corrected chi connectivity index (χ2v) is 13.3. The van der Waals surface area contributed by atoms with Crippen molar-refractivity contribution in [1.29, 1.82) is 0 Å². The fourth-order valence-corrected chi connectivity index (χ4v) is 5.60. The van der Waals surface area contributed by atoms with Crippen molar-refractivity contribution >= 4 is 16.0 Å². The molecule has 0 aliphatic carbocycles. The van der Waals surface area contributed by atoms with Crippen LogP contribution in [0.2, 0.25) is 0 Å². The van der Waals surface area contributed by atoms with Gasteiger partial charge >= 0.3 is 0 Å². The number of unbranched alkanes of at least 4 members (excludes halogenated alkanes) is 16. The molecule has 6 nitrogen and oxygen atoms in total. The Kier molecular flexibility index (Phi) is 29.1. The van der Waals surface area contributed by atoms with Crippen LogP contribution < -0.4 is 5.32 Å².